The van der Waals surface area contributed by atoms with Gasteiger partial charge in [0.25, 0.3) is 11.1 Å². The maximum atomic E-state index is 13.1. The van der Waals surface area contributed by atoms with E-state index in [2.05, 4.69) is 9.97 Å². The Balaban J connectivity index is 2.17. The number of imidazole rings is 1. The van der Waals surface area contributed by atoms with Gasteiger partial charge in [-0.25, -0.2) is 9.20 Å². The molecule has 0 aliphatic rings. The molecule has 4 rings (SSSR count). The topological polar surface area (TPSA) is 114 Å². The minimum atomic E-state index is -0.619. The van der Waals surface area contributed by atoms with Crippen LogP contribution in [0.4, 0.5) is 0 Å². The molecule has 0 saturated carbocycles. The van der Waals surface area contributed by atoms with Crippen molar-refractivity contribution in [3.63, 3.8) is 0 Å². The number of hydrogen-bond donors (Lipinski definition) is 2. The first kappa shape index (κ1) is 17.8. The zero-order chi connectivity index (χ0) is 20.0. The number of rotatable bonds is 4. The van der Waals surface area contributed by atoms with Gasteiger partial charge in [-0.3, -0.25) is 23.7 Å². The average Bonchev–Trinajstić information content (AvgIpc) is 3.07. The summed E-state index contributed by atoms with van der Waals surface area (Å²) < 4.78 is 3.57. The first-order valence-corrected chi connectivity index (χ1v) is 8.94. The van der Waals surface area contributed by atoms with E-state index in [9.17, 15) is 19.5 Å². The van der Waals surface area contributed by atoms with Gasteiger partial charge < -0.3 is 5.11 Å². The molecule has 0 atom stereocenters. The van der Waals surface area contributed by atoms with E-state index >= 15 is 0 Å². The minimum absolute atomic E-state index is 0.0220. The summed E-state index contributed by atoms with van der Waals surface area (Å²) in [7, 11) is 1.34. The average molecular weight is 381 g/mol. The third kappa shape index (κ3) is 2.55. The number of aromatic amines is 1. The quantitative estimate of drug-likeness (QED) is 0.541. The van der Waals surface area contributed by atoms with Crippen molar-refractivity contribution >= 4 is 16.9 Å². The summed E-state index contributed by atoms with van der Waals surface area (Å²) in [5.41, 5.74) is -0.469. The summed E-state index contributed by atoms with van der Waals surface area (Å²) >= 11 is 0. The summed E-state index contributed by atoms with van der Waals surface area (Å²) in [4.78, 5) is 44.5. The molecule has 0 radical (unpaired) electrons. The van der Waals surface area contributed by atoms with Crippen LogP contribution in [0.5, 0.6) is 5.88 Å². The molecule has 28 heavy (non-hydrogen) atoms. The van der Waals surface area contributed by atoms with E-state index in [-0.39, 0.29) is 40.5 Å². The van der Waals surface area contributed by atoms with Gasteiger partial charge in [0.15, 0.2) is 11.2 Å². The van der Waals surface area contributed by atoms with E-state index in [1.807, 2.05) is 37.3 Å². The Morgan fingerprint density at radius 1 is 1.11 bits per heavy atom. The molecule has 0 aliphatic heterocycles. The zero-order valence-corrected chi connectivity index (χ0v) is 15.5. The Morgan fingerprint density at radius 2 is 1.82 bits per heavy atom. The number of fused-ring (bicyclic) bond motifs is 3. The molecular formula is C19H19N5O4. The van der Waals surface area contributed by atoms with Crippen LogP contribution in [-0.2, 0) is 20.0 Å². The van der Waals surface area contributed by atoms with Crippen molar-refractivity contribution in [3.05, 3.63) is 72.7 Å². The van der Waals surface area contributed by atoms with Gasteiger partial charge in [-0.15, -0.1) is 0 Å². The maximum absolute atomic E-state index is 13.1. The van der Waals surface area contributed by atoms with Gasteiger partial charge in [-0.05, 0) is 12.0 Å². The van der Waals surface area contributed by atoms with Crippen molar-refractivity contribution < 1.29 is 5.11 Å². The molecule has 3 heterocycles. The number of hydrogen-bond acceptors (Lipinski definition) is 5. The normalized spacial score (nSPS) is 11.5. The maximum Gasteiger partial charge on any atom is 0.329 e. The van der Waals surface area contributed by atoms with Gasteiger partial charge in [-0.2, -0.15) is 4.98 Å². The number of aromatic hydroxyl groups is 1. The van der Waals surface area contributed by atoms with Crippen LogP contribution in [0.2, 0.25) is 0 Å². The van der Waals surface area contributed by atoms with E-state index in [1.54, 1.807) is 0 Å². The fraction of sp³-hybridized carbons (Fsp3) is 0.263. The summed E-state index contributed by atoms with van der Waals surface area (Å²) in [6.45, 7) is 2.11. The first-order chi connectivity index (χ1) is 13.4. The van der Waals surface area contributed by atoms with Crippen LogP contribution in [0.25, 0.3) is 16.9 Å². The number of H-pyrrole nitrogens is 1. The summed E-state index contributed by atoms with van der Waals surface area (Å²) in [6, 6.07) is 9.34. The second-order valence-electron chi connectivity index (χ2n) is 6.67. The lowest BCUT2D eigenvalue weighted by atomic mass is 10.1. The number of benzene rings is 1. The Labute approximate surface area is 158 Å². The lowest BCUT2D eigenvalue weighted by Gasteiger charge is -2.13. The highest BCUT2D eigenvalue weighted by Gasteiger charge is 2.22. The molecule has 0 aliphatic carbocycles. The Hall–Kier alpha value is -3.62. The van der Waals surface area contributed by atoms with E-state index < -0.39 is 11.2 Å². The molecule has 0 amide bonds. The van der Waals surface area contributed by atoms with E-state index in [4.69, 9.17) is 0 Å². The summed E-state index contributed by atoms with van der Waals surface area (Å²) in [5, 5.41) is 10.8. The van der Waals surface area contributed by atoms with E-state index in [0.29, 0.717) is 12.8 Å². The van der Waals surface area contributed by atoms with Gasteiger partial charge >= 0.3 is 5.69 Å². The molecular weight excluding hydrogens is 362 g/mol. The van der Waals surface area contributed by atoms with Crippen molar-refractivity contribution in [3.8, 4) is 5.88 Å². The van der Waals surface area contributed by atoms with Crippen LogP contribution < -0.4 is 16.8 Å². The second-order valence-corrected chi connectivity index (χ2v) is 6.67. The molecule has 9 heteroatoms. The highest BCUT2D eigenvalue weighted by atomic mass is 16.3. The van der Waals surface area contributed by atoms with Crippen LogP contribution >= 0.6 is 0 Å². The highest BCUT2D eigenvalue weighted by Crippen LogP contribution is 2.22. The van der Waals surface area contributed by atoms with Gasteiger partial charge in [0.2, 0.25) is 11.7 Å². The van der Waals surface area contributed by atoms with E-state index in [1.165, 1.54) is 16.0 Å². The van der Waals surface area contributed by atoms with Crippen molar-refractivity contribution in [2.24, 2.45) is 7.05 Å². The minimum Gasteiger partial charge on any atom is -0.494 e. The monoisotopic (exact) mass is 381 g/mol. The lowest BCUT2D eigenvalue weighted by Crippen LogP contribution is -2.33. The van der Waals surface area contributed by atoms with Crippen molar-refractivity contribution in [2.45, 2.75) is 26.3 Å². The zero-order valence-electron chi connectivity index (χ0n) is 15.5. The summed E-state index contributed by atoms with van der Waals surface area (Å²) in [6.07, 6.45) is 0.986. The molecule has 0 unspecified atom stereocenters. The predicted octanol–water partition coefficient (Wildman–Crippen LogP) is 0.743. The fourth-order valence-electron chi connectivity index (χ4n) is 3.37. The second kappa shape index (κ2) is 6.52. The van der Waals surface area contributed by atoms with Gasteiger partial charge in [0.1, 0.15) is 0 Å². The Morgan fingerprint density at radius 3 is 2.50 bits per heavy atom. The molecule has 1 aromatic carbocycles. The number of aromatic nitrogens is 5. The van der Waals surface area contributed by atoms with Crippen LogP contribution in [0.1, 0.15) is 24.5 Å². The first-order valence-electron chi connectivity index (χ1n) is 8.94. The van der Waals surface area contributed by atoms with E-state index in [0.717, 1.165) is 10.1 Å². The van der Waals surface area contributed by atoms with Crippen LogP contribution in [0, 0.1) is 0 Å². The van der Waals surface area contributed by atoms with Crippen LogP contribution in [-0.4, -0.2) is 28.6 Å². The number of nitrogens with one attached hydrogen (secondary N) is 1. The highest BCUT2D eigenvalue weighted by molar-refractivity contribution is 5.75. The molecule has 0 fully saturated rings. The Kier molecular flexibility index (Phi) is 4.14. The number of nitrogens with zero attached hydrogens (tertiary/aromatic N) is 4. The molecule has 144 valence electrons. The van der Waals surface area contributed by atoms with Crippen molar-refractivity contribution in [1.82, 2.24) is 23.5 Å². The van der Waals surface area contributed by atoms with Crippen LogP contribution in [0.3, 0.4) is 0 Å². The molecule has 0 spiro atoms. The molecule has 3 aromatic heterocycles. The predicted molar refractivity (Wildman–Crippen MR) is 104 cm³/mol. The smallest absolute Gasteiger partial charge is 0.329 e. The SMILES string of the molecule is CCCc1c(O)n2c3c(=O)n(C)c(=O)[nH]c3nc2n(Cc2ccccc2)c1=O. The summed E-state index contributed by atoms with van der Waals surface area (Å²) in [5.74, 6) is -0.224. The molecule has 9 nitrogen and oxygen atoms in total. The third-order valence-electron chi connectivity index (χ3n) is 4.81. The molecule has 4 aromatic rings. The van der Waals surface area contributed by atoms with Gasteiger partial charge in [0, 0.05) is 7.05 Å². The molecule has 0 saturated heterocycles. The van der Waals surface area contributed by atoms with Crippen LogP contribution in [0.15, 0.2) is 44.7 Å². The van der Waals surface area contributed by atoms with Gasteiger partial charge in [0.05, 0.1) is 12.1 Å². The molecule has 0 bridgehead atoms. The van der Waals surface area contributed by atoms with Crippen molar-refractivity contribution in [1.29, 1.82) is 0 Å². The third-order valence-corrected chi connectivity index (χ3v) is 4.81. The van der Waals surface area contributed by atoms with Crippen molar-refractivity contribution in [2.75, 3.05) is 0 Å². The van der Waals surface area contributed by atoms with Gasteiger partial charge in [-0.1, -0.05) is 43.7 Å². The molecule has 2 N–H and O–H groups in total. The fourth-order valence-corrected chi connectivity index (χ4v) is 3.37. The largest absolute Gasteiger partial charge is 0.494 e. The standard InChI is InChI=1S/C19H19N5O4/c1-3-7-12-15(25)23(10-11-8-5-4-6-9-11)18-20-14-13(24(18)16(12)26)17(27)22(2)19(28)21-14/h4-6,8-9,26H,3,7,10H2,1-2H3,(H,21,28). The lowest BCUT2D eigenvalue weighted by molar-refractivity contribution is 0.433. The Bertz CT molecular complexity index is 1380.